The Kier molecular flexibility index (Phi) is 6.29. The number of aliphatic hydroxyl groups excluding tert-OH is 1. The summed E-state index contributed by atoms with van der Waals surface area (Å²) in [6.07, 6.45) is 3.89. The number of hydrogen-bond acceptors (Lipinski definition) is 6. The number of piperazine rings is 1. The number of carbonyl (C=O) groups is 1. The second-order valence-corrected chi connectivity index (χ2v) is 10.1. The highest BCUT2D eigenvalue weighted by molar-refractivity contribution is 6.30. The van der Waals surface area contributed by atoms with Crippen LogP contribution in [0.1, 0.15) is 60.9 Å². The number of likely N-dealkylation sites (N-methyl/N-ethyl adjacent to an activating group) is 1. The van der Waals surface area contributed by atoms with Crippen molar-refractivity contribution in [1.29, 1.82) is 0 Å². The van der Waals surface area contributed by atoms with E-state index in [1.807, 2.05) is 29.2 Å². The maximum atomic E-state index is 13.8. The summed E-state index contributed by atoms with van der Waals surface area (Å²) in [6, 6.07) is 7.99. The molecule has 5 rings (SSSR count). The summed E-state index contributed by atoms with van der Waals surface area (Å²) in [5.74, 6) is 1.17. The second-order valence-electron chi connectivity index (χ2n) is 9.68. The third-order valence-electron chi connectivity index (χ3n) is 7.63. The lowest BCUT2D eigenvalue weighted by molar-refractivity contribution is -0.134. The summed E-state index contributed by atoms with van der Waals surface area (Å²) in [5, 5.41) is 11.0. The summed E-state index contributed by atoms with van der Waals surface area (Å²) in [5.41, 5.74) is 2.87. The van der Waals surface area contributed by atoms with Crippen molar-refractivity contribution >= 4 is 23.3 Å². The SMILES string of the molecule is C[C@@H]1C[C@@H](O)c2ncnc(N3CCN(C(=O)[C@@H](c4ccc(Cl)cc4)[C@@H]4CCCN4C)CC3)c21. The lowest BCUT2D eigenvalue weighted by Gasteiger charge is -2.39. The Hall–Kier alpha value is -2.22. The van der Waals surface area contributed by atoms with E-state index < -0.39 is 6.10 Å². The van der Waals surface area contributed by atoms with Gasteiger partial charge in [0.1, 0.15) is 12.1 Å². The minimum atomic E-state index is -0.511. The average Bonchev–Trinajstić information content (AvgIpc) is 3.37. The number of aliphatic hydroxyl groups is 1. The third-order valence-corrected chi connectivity index (χ3v) is 7.88. The van der Waals surface area contributed by atoms with Crippen LogP contribution in [0.25, 0.3) is 0 Å². The van der Waals surface area contributed by atoms with Crippen molar-refractivity contribution in [3.63, 3.8) is 0 Å². The number of amides is 1. The normalized spacial score (nSPS) is 26.5. The van der Waals surface area contributed by atoms with Crippen molar-refractivity contribution in [2.75, 3.05) is 44.7 Å². The fourth-order valence-electron chi connectivity index (χ4n) is 5.85. The summed E-state index contributed by atoms with van der Waals surface area (Å²) in [6.45, 7) is 5.93. The Morgan fingerprint density at radius 2 is 1.85 bits per heavy atom. The molecule has 3 aliphatic rings. The zero-order valence-electron chi connectivity index (χ0n) is 19.3. The molecule has 1 aromatic heterocycles. The fraction of sp³-hybridized carbons (Fsp3) is 0.560. The van der Waals surface area contributed by atoms with Crippen molar-refractivity contribution in [3.05, 3.63) is 52.4 Å². The Bertz CT molecular complexity index is 1010. The number of rotatable bonds is 4. The highest BCUT2D eigenvalue weighted by Crippen LogP contribution is 2.43. The van der Waals surface area contributed by atoms with Crippen LogP contribution in [-0.2, 0) is 4.79 Å². The van der Waals surface area contributed by atoms with Crippen LogP contribution >= 0.6 is 11.6 Å². The number of nitrogens with zero attached hydrogens (tertiary/aromatic N) is 5. The van der Waals surface area contributed by atoms with Crippen LogP contribution in [0.2, 0.25) is 5.02 Å². The number of aromatic nitrogens is 2. The summed E-state index contributed by atoms with van der Waals surface area (Å²) in [7, 11) is 2.12. The molecule has 1 aromatic carbocycles. The van der Waals surface area contributed by atoms with Crippen LogP contribution in [0, 0.1) is 0 Å². The van der Waals surface area contributed by atoms with Gasteiger partial charge in [-0.1, -0.05) is 30.7 Å². The zero-order valence-corrected chi connectivity index (χ0v) is 20.1. The van der Waals surface area contributed by atoms with E-state index in [0.29, 0.717) is 24.5 Å². The van der Waals surface area contributed by atoms with Crippen LogP contribution in [0.15, 0.2) is 30.6 Å². The van der Waals surface area contributed by atoms with Gasteiger partial charge in [-0.2, -0.15) is 0 Å². The number of hydrogen-bond donors (Lipinski definition) is 1. The fourth-order valence-corrected chi connectivity index (χ4v) is 5.97. The minimum Gasteiger partial charge on any atom is -0.387 e. The largest absolute Gasteiger partial charge is 0.387 e. The quantitative estimate of drug-likeness (QED) is 0.741. The van der Waals surface area contributed by atoms with E-state index in [0.717, 1.165) is 55.1 Å². The van der Waals surface area contributed by atoms with Crippen molar-refractivity contribution in [3.8, 4) is 0 Å². The molecule has 176 valence electrons. The molecule has 0 saturated carbocycles. The first-order valence-electron chi connectivity index (χ1n) is 12.0. The molecule has 1 amide bonds. The van der Waals surface area contributed by atoms with Gasteiger partial charge in [0.2, 0.25) is 5.91 Å². The van der Waals surface area contributed by atoms with Crippen molar-refractivity contribution in [2.45, 2.75) is 50.2 Å². The summed E-state index contributed by atoms with van der Waals surface area (Å²) < 4.78 is 0. The predicted octanol–water partition coefficient (Wildman–Crippen LogP) is 3.20. The first kappa shape index (κ1) is 22.6. The standard InChI is InChI=1S/C25H32ClN5O2/c1-16-14-20(32)23-21(16)24(28-15-27-23)30-10-12-31(13-11-30)25(33)22(19-4-3-9-29(19)2)17-5-7-18(26)8-6-17/h5-8,15-16,19-20,22,32H,3-4,9-14H2,1-2H3/t16-,19+,20-,22+/m1/s1. The first-order chi connectivity index (χ1) is 15.9. The molecule has 3 heterocycles. The van der Waals surface area contributed by atoms with Crippen LogP contribution in [0.3, 0.4) is 0 Å². The Morgan fingerprint density at radius 1 is 1.12 bits per heavy atom. The predicted molar refractivity (Wildman–Crippen MR) is 129 cm³/mol. The molecule has 4 atom stereocenters. The molecule has 0 bridgehead atoms. The maximum absolute atomic E-state index is 13.8. The van der Waals surface area contributed by atoms with Gasteiger partial charge in [-0.25, -0.2) is 9.97 Å². The van der Waals surface area contributed by atoms with Crippen molar-refractivity contribution in [2.24, 2.45) is 0 Å². The van der Waals surface area contributed by atoms with E-state index in [2.05, 4.69) is 33.7 Å². The van der Waals surface area contributed by atoms with Crippen molar-refractivity contribution < 1.29 is 9.90 Å². The molecule has 8 heteroatoms. The number of anilines is 1. The number of fused-ring (bicyclic) bond motifs is 1. The van der Waals surface area contributed by atoms with Gasteiger partial charge in [-0.15, -0.1) is 0 Å². The van der Waals surface area contributed by atoms with Gasteiger partial charge in [-0.3, -0.25) is 4.79 Å². The number of carbonyl (C=O) groups excluding carboxylic acids is 1. The molecule has 2 saturated heterocycles. The van der Waals surface area contributed by atoms with Crippen LogP contribution in [-0.4, -0.2) is 76.6 Å². The molecule has 2 aromatic rings. The Balaban J connectivity index is 1.34. The summed E-state index contributed by atoms with van der Waals surface area (Å²) in [4.78, 5) is 29.3. The van der Waals surface area contributed by atoms with E-state index in [1.165, 1.54) is 0 Å². The van der Waals surface area contributed by atoms with E-state index >= 15 is 0 Å². The molecule has 0 radical (unpaired) electrons. The smallest absolute Gasteiger partial charge is 0.231 e. The van der Waals surface area contributed by atoms with Crippen LogP contribution in [0.4, 0.5) is 5.82 Å². The van der Waals surface area contributed by atoms with E-state index in [9.17, 15) is 9.90 Å². The van der Waals surface area contributed by atoms with Crippen LogP contribution in [0.5, 0.6) is 0 Å². The molecule has 2 fully saturated rings. The molecule has 7 nitrogen and oxygen atoms in total. The second kappa shape index (κ2) is 9.20. The lowest BCUT2D eigenvalue weighted by atomic mass is 9.88. The highest BCUT2D eigenvalue weighted by atomic mass is 35.5. The van der Waals surface area contributed by atoms with E-state index in [-0.39, 0.29) is 23.8 Å². The van der Waals surface area contributed by atoms with E-state index in [4.69, 9.17) is 11.6 Å². The third kappa shape index (κ3) is 4.22. The minimum absolute atomic E-state index is 0.181. The number of likely N-dealkylation sites (tertiary alicyclic amines) is 1. The van der Waals surface area contributed by atoms with Gasteiger partial charge >= 0.3 is 0 Å². The highest BCUT2D eigenvalue weighted by Gasteiger charge is 2.39. The Morgan fingerprint density at radius 3 is 2.52 bits per heavy atom. The van der Waals surface area contributed by atoms with Gasteiger partial charge in [0.05, 0.1) is 17.7 Å². The molecule has 2 aliphatic heterocycles. The monoisotopic (exact) mass is 469 g/mol. The molecule has 0 unspecified atom stereocenters. The molecular weight excluding hydrogens is 438 g/mol. The molecule has 1 N–H and O–H groups in total. The molecular formula is C25H32ClN5O2. The lowest BCUT2D eigenvalue weighted by Crippen LogP contribution is -2.52. The van der Waals surface area contributed by atoms with Gasteiger partial charge in [0.25, 0.3) is 0 Å². The van der Waals surface area contributed by atoms with Gasteiger partial charge in [0.15, 0.2) is 0 Å². The average molecular weight is 470 g/mol. The molecule has 1 aliphatic carbocycles. The van der Waals surface area contributed by atoms with Crippen molar-refractivity contribution in [1.82, 2.24) is 19.8 Å². The van der Waals surface area contributed by atoms with E-state index in [1.54, 1.807) is 6.33 Å². The topological polar surface area (TPSA) is 72.8 Å². The maximum Gasteiger partial charge on any atom is 0.231 e. The van der Waals surface area contributed by atoms with Gasteiger partial charge in [0, 0.05) is 42.8 Å². The number of halogens is 1. The van der Waals surface area contributed by atoms with Crippen LogP contribution < -0.4 is 4.90 Å². The number of benzene rings is 1. The molecule has 0 spiro atoms. The van der Waals surface area contributed by atoms with Gasteiger partial charge < -0.3 is 19.8 Å². The Labute approximate surface area is 200 Å². The summed E-state index contributed by atoms with van der Waals surface area (Å²) >= 11 is 6.13. The molecule has 33 heavy (non-hydrogen) atoms. The first-order valence-corrected chi connectivity index (χ1v) is 12.3. The zero-order chi connectivity index (χ0) is 23.1. The van der Waals surface area contributed by atoms with Gasteiger partial charge in [-0.05, 0) is 56.5 Å².